The van der Waals surface area contributed by atoms with Crippen molar-refractivity contribution >= 4 is 26.0 Å². The van der Waals surface area contributed by atoms with E-state index < -0.39 is 15.6 Å². The third kappa shape index (κ3) is 2.22. The Bertz CT molecular complexity index is 539. The van der Waals surface area contributed by atoms with Gasteiger partial charge < -0.3 is 0 Å². The first-order valence-electron chi connectivity index (χ1n) is 5.65. The number of alkyl halides is 1. The average molecular weight is 334 g/mol. The van der Waals surface area contributed by atoms with Gasteiger partial charge in [0.05, 0.1) is 21.9 Å². The van der Waals surface area contributed by atoms with Gasteiger partial charge in [-0.15, -0.1) is 0 Å². The predicted octanol–water partition coefficient (Wildman–Crippen LogP) is 2.47. The summed E-state index contributed by atoms with van der Waals surface area (Å²) < 4.78 is 26.1. The largest absolute Gasteiger partial charge is 0.282 e. The van der Waals surface area contributed by atoms with Crippen LogP contribution in [0.3, 0.4) is 0 Å². The van der Waals surface area contributed by atoms with Gasteiger partial charge in [-0.1, -0.05) is 38.1 Å². The van der Waals surface area contributed by atoms with E-state index in [-0.39, 0.29) is 9.72 Å². The molecule has 1 saturated heterocycles. The molecule has 1 aromatic carbocycles. The molecule has 0 amide bonds. The molecule has 1 atom stereocenters. The summed E-state index contributed by atoms with van der Waals surface area (Å²) in [6.07, 6.45) is 0. The molecule has 0 saturated carbocycles. The molecule has 0 N–H and O–H groups in total. The van der Waals surface area contributed by atoms with E-state index in [0.29, 0.717) is 6.61 Å². The Hall–Kier alpha value is -0.430. The van der Waals surface area contributed by atoms with E-state index in [1.165, 1.54) is 0 Å². The van der Waals surface area contributed by atoms with Gasteiger partial charge >= 0.3 is 0 Å². The van der Waals surface area contributed by atoms with Crippen molar-refractivity contribution in [2.75, 3.05) is 6.61 Å². The van der Waals surface area contributed by atoms with Crippen molar-refractivity contribution in [3.05, 3.63) is 29.8 Å². The second-order valence-electron chi connectivity index (χ2n) is 4.96. The Balaban J connectivity index is 2.41. The summed E-state index contributed by atoms with van der Waals surface area (Å²) in [6.45, 7) is 5.94. The van der Waals surface area contributed by atoms with Crippen LogP contribution in [0.5, 0.6) is 0 Å². The lowest BCUT2D eigenvalue weighted by Gasteiger charge is -2.29. The van der Waals surface area contributed by atoms with Gasteiger partial charge in [-0.05, 0) is 32.9 Å². The smallest absolute Gasteiger partial charge is 0.265 e. The van der Waals surface area contributed by atoms with Gasteiger partial charge in [0, 0.05) is 0 Å². The first-order valence-corrected chi connectivity index (χ1v) is 8.01. The van der Waals surface area contributed by atoms with E-state index in [0.717, 1.165) is 10.0 Å². The zero-order valence-electron chi connectivity index (χ0n) is 10.6. The number of hydrogen-bond acceptors (Lipinski definition) is 3. The van der Waals surface area contributed by atoms with Crippen LogP contribution in [0, 0.1) is 6.92 Å². The number of halogens is 1. The molecule has 100 valence electrons. The van der Waals surface area contributed by atoms with E-state index in [2.05, 4.69) is 15.9 Å². The number of sulfonamides is 1. The van der Waals surface area contributed by atoms with Crippen LogP contribution in [-0.2, 0) is 14.9 Å². The van der Waals surface area contributed by atoms with Crippen LogP contribution in [0.4, 0.5) is 0 Å². The van der Waals surface area contributed by atoms with Crippen molar-refractivity contribution in [1.29, 1.82) is 0 Å². The normalized spacial score (nSPS) is 24.3. The lowest BCUT2D eigenvalue weighted by molar-refractivity contribution is -0.0716. The molecule has 0 aromatic heterocycles. The Morgan fingerprint density at radius 3 is 2.33 bits per heavy atom. The highest BCUT2D eigenvalue weighted by molar-refractivity contribution is 9.09. The summed E-state index contributed by atoms with van der Waals surface area (Å²) in [5.41, 5.74) is 0.415. The molecule has 4 nitrogen and oxygen atoms in total. The third-order valence-corrected chi connectivity index (χ3v) is 6.38. The number of rotatable bonds is 2. The van der Waals surface area contributed by atoms with E-state index in [1.54, 1.807) is 24.3 Å². The second-order valence-corrected chi connectivity index (χ2v) is 7.82. The van der Waals surface area contributed by atoms with Crippen molar-refractivity contribution in [2.24, 2.45) is 0 Å². The summed E-state index contributed by atoms with van der Waals surface area (Å²) in [5.74, 6) is 0. The maximum Gasteiger partial charge on any atom is 0.265 e. The summed E-state index contributed by atoms with van der Waals surface area (Å²) in [6, 6.07) is 6.76. The molecular formula is C12H16BrNO3S. The summed E-state index contributed by atoms with van der Waals surface area (Å²) >= 11 is 3.45. The first kappa shape index (κ1) is 14.0. The van der Waals surface area contributed by atoms with Gasteiger partial charge in [-0.25, -0.2) is 8.42 Å². The average Bonchev–Trinajstić information content (AvgIpc) is 2.55. The number of hydroxylamine groups is 1. The lowest BCUT2D eigenvalue weighted by atomic mass is 10.0. The van der Waals surface area contributed by atoms with Crippen molar-refractivity contribution < 1.29 is 13.3 Å². The second kappa shape index (κ2) is 4.59. The molecule has 0 radical (unpaired) electrons. The molecule has 1 unspecified atom stereocenters. The van der Waals surface area contributed by atoms with Gasteiger partial charge in [0.25, 0.3) is 10.0 Å². The molecule has 6 heteroatoms. The van der Waals surface area contributed by atoms with Crippen LogP contribution in [0.2, 0.25) is 0 Å². The van der Waals surface area contributed by atoms with Gasteiger partial charge in [-0.2, -0.15) is 0 Å². The highest BCUT2D eigenvalue weighted by atomic mass is 79.9. The van der Waals surface area contributed by atoms with Crippen LogP contribution in [0.25, 0.3) is 0 Å². The standard InChI is InChI=1S/C12H16BrNO3S/c1-9-4-6-10(7-5-9)18(15,16)14-12(2,3)11(13)8-17-14/h4-7,11H,8H2,1-3H3. The van der Waals surface area contributed by atoms with Gasteiger partial charge in [-0.3, -0.25) is 4.84 Å². The fourth-order valence-corrected chi connectivity index (χ4v) is 3.86. The molecule has 0 aliphatic carbocycles. The van der Waals surface area contributed by atoms with Gasteiger partial charge in [0.1, 0.15) is 0 Å². The highest BCUT2D eigenvalue weighted by Crippen LogP contribution is 2.36. The van der Waals surface area contributed by atoms with Crippen molar-refractivity contribution in [3.8, 4) is 0 Å². The van der Waals surface area contributed by atoms with E-state index >= 15 is 0 Å². The number of aryl methyl sites for hydroxylation is 1. The molecule has 1 aromatic rings. The summed E-state index contributed by atoms with van der Waals surface area (Å²) in [5, 5.41) is 0. The fourth-order valence-electron chi connectivity index (χ4n) is 1.80. The van der Waals surface area contributed by atoms with Crippen LogP contribution in [0.15, 0.2) is 29.2 Å². The third-order valence-electron chi connectivity index (χ3n) is 3.11. The molecule has 1 aliphatic rings. The molecule has 0 spiro atoms. The predicted molar refractivity (Wildman–Crippen MR) is 72.9 cm³/mol. The van der Waals surface area contributed by atoms with Crippen LogP contribution in [-0.4, -0.2) is 29.9 Å². The fraction of sp³-hybridized carbons (Fsp3) is 0.500. The van der Waals surface area contributed by atoms with Crippen LogP contribution in [0.1, 0.15) is 19.4 Å². The van der Waals surface area contributed by atoms with E-state index in [4.69, 9.17) is 4.84 Å². The number of hydrogen-bond donors (Lipinski definition) is 0. The zero-order chi connectivity index (χ0) is 13.6. The Kier molecular flexibility index (Phi) is 3.57. The van der Waals surface area contributed by atoms with E-state index in [1.807, 2.05) is 20.8 Å². The van der Waals surface area contributed by atoms with Crippen LogP contribution >= 0.6 is 15.9 Å². The summed E-state index contributed by atoms with van der Waals surface area (Å²) in [4.78, 5) is 5.56. The molecule has 0 bridgehead atoms. The minimum atomic E-state index is -3.61. The maximum atomic E-state index is 12.5. The van der Waals surface area contributed by atoms with E-state index in [9.17, 15) is 8.42 Å². The topological polar surface area (TPSA) is 46.6 Å². The first-order chi connectivity index (χ1) is 8.26. The maximum absolute atomic E-state index is 12.5. The molecule has 1 aliphatic heterocycles. The van der Waals surface area contributed by atoms with Crippen LogP contribution < -0.4 is 0 Å². The Labute approximate surface area is 116 Å². The van der Waals surface area contributed by atoms with Crippen molar-refractivity contribution in [1.82, 2.24) is 4.47 Å². The van der Waals surface area contributed by atoms with Gasteiger partial charge in [0.15, 0.2) is 0 Å². The monoisotopic (exact) mass is 333 g/mol. The minimum absolute atomic E-state index is 0.0229. The Morgan fingerprint density at radius 2 is 1.89 bits per heavy atom. The minimum Gasteiger partial charge on any atom is -0.282 e. The van der Waals surface area contributed by atoms with Crippen molar-refractivity contribution in [2.45, 2.75) is 36.0 Å². The highest BCUT2D eigenvalue weighted by Gasteiger charge is 2.48. The SMILES string of the molecule is Cc1ccc(S(=O)(=O)N2OCC(Br)C2(C)C)cc1. The number of benzene rings is 1. The molecule has 2 rings (SSSR count). The molecule has 1 heterocycles. The lowest BCUT2D eigenvalue weighted by Crippen LogP contribution is -2.45. The van der Waals surface area contributed by atoms with Crippen molar-refractivity contribution in [3.63, 3.8) is 0 Å². The van der Waals surface area contributed by atoms with Gasteiger partial charge in [0.2, 0.25) is 0 Å². The quantitative estimate of drug-likeness (QED) is 0.781. The molecule has 18 heavy (non-hydrogen) atoms. The molecule has 1 fully saturated rings. The molecular weight excluding hydrogens is 318 g/mol. The number of nitrogens with zero attached hydrogens (tertiary/aromatic N) is 1. The zero-order valence-corrected chi connectivity index (χ0v) is 13.0. The Morgan fingerprint density at radius 1 is 1.33 bits per heavy atom. The summed E-state index contributed by atoms with van der Waals surface area (Å²) in [7, 11) is -3.61.